The summed E-state index contributed by atoms with van der Waals surface area (Å²) in [6.07, 6.45) is 12.4. The molecule has 0 spiro atoms. The first kappa shape index (κ1) is 17.3. The highest BCUT2D eigenvalue weighted by Gasteiger charge is 2.42. The Hall–Kier alpha value is -0.0900. The van der Waals surface area contributed by atoms with Gasteiger partial charge in [-0.3, -0.25) is 0 Å². The molecule has 2 aliphatic carbocycles. The highest BCUT2D eigenvalue weighted by atomic mass is 32.2. The topological polar surface area (TPSA) is 54.4 Å². The summed E-state index contributed by atoms with van der Waals surface area (Å²) in [5.41, 5.74) is -0.605. The molecule has 0 saturated heterocycles. The molecule has 4 unspecified atom stereocenters. The smallest absolute Gasteiger partial charge is 0.150 e. The van der Waals surface area contributed by atoms with Crippen LogP contribution < -0.4 is 0 Å². The molecular weight excluding hydrogens is 284 g/mol. The van der Waals surface area contributed by atoms with E-state index in [0.29, 0.717) is 6.42 Å². The summed E-state index contributed by atoms with van der Waals surface area (Å²) in [4.78, 5) is 0. The summed E-state index contributed by atoms with van der Waals surface area (Å²) in [6, 6.07) is 0. The van der Waals surface area contributed by atoms with Crippen molar-refractivity contribution in [1.82, 2.24) is 0 Å². The van der Waals surface area contributed by atoms with E-state index in [0.717, 1.165) is 50.9 Å². The van der Waals surface area contributed by atoms with Gasteiger partial charge in [0.25, 0.3) is 0 Å². The van der Waals surface area contributed by atoms with Gasteiger partial charge < -0.3 is 5.11 Å². The van der Waals surface area contributed by atoms with E-state index in [9.17, 15) is 13.5 Å². The number of rotatable bonds is 4. The molecule has 3 nitrogen and oxygen atoms in total. The first-order valence-corrected chi connectivity index (χ1v) is 10.7. The van der Waals surface area contributed by atoms with Crippen molar-refractivity contribution in [3.05, 3.63) is 0 Å². The van der Waals surface area contributed by atoms with Crippen molar-refractivity contribution in [2.24, 2.45) is 11.8 Å². The van der Waals surface area contributed by atoms with Crippen LogP contribution in [-0.2, 0) is 9.84 Å². The molecule has 4 heteroatoms. The summed E-state index contributed by atoms with van der Waals surface area (Å²) in [6.45, 7) is 2.23. The minimum Gasteiger partial charge on any atom is -0.390 e. The van der Waals surface area contributed by atoms with Gasteiger partial charge in [0, 0.05) is 6.26 Å². The van der Waals surface area contributed by atoms with Gasteiger partial charge in [-0.1, -0.05) is 39.0 Å². The minimum atomic E-state index is -2.96. The van der Waals surface area contributed by atoms with Crippen LogP contribution in [0.25, 0.3) is 0 Å². The molecule has 0 bridgehead atoms. The fourth-order valence-electron chi connectivity index (χ4n) is 4.55. The molecule has 0 aliphatic heterocycles. The van der Waals surface area contributed by atoms with Crippen molar-refractivity contribution >= 4 is 9.84 Å². The van der Waals surface area contributed by atoms with Gasteiger partial charge in [-0.2, -0.15) is 0 Å². The Balaban J connectivity index is 2.02. The van der Waals surface area contributed by atoms with E-state index in [1.54, 1.807) is 0 Å². The Kier molecular flexibility index (Phi) is 5.75. The minimum absolute atomic E-state index is 0.186. The second kappa shape index (κ2) is 6.99. The molecule has 2 saturated carbocycles. The third-order valence-electron chi connectivity index (χ3n) is 5.90. The lowest BCUT2D eigenvalue weighted by molar-refractivity contribution is -0.0454. The molecule has 1 N–H and O–H groups in total. The van der Waals surface area contributed by atoms with Crippen LogP contribution in [0.15, 0.2) is 0 Å². The lowest BCUT2D eigenvalue weighted by Gasteiger charge is -2.40. The van der Waals surface area contributed by atoms with Crippen LogP contribution in [0.2, 0.25) is 0 Å². The van der Waals surface area contributed by atoms with Gasteiger partial charge in [0.1, 0.15) is 9.84 Å². The van der Waals surface area contributed by atoms with Crippen LogP contribution in [0.1, 0.15) is 77.6 Å². The fourth-order valence-corrected chi connectivity index (χ4v) is 5.72. The van der Waals surface area contributed by atoms with Gasteiger partial charge in [0.15, 0.2) is 0 Å². The molecule has 0 amide bonds. The fraction of sp³-hybridized carbons (Fsp3) is 1.00. The lowest BCUT2D eigenvalue weighted by Crippen LogP contribution is -2.42. The largest absolute Gasteiger partial charge is 0.390 e. The second-order valence-electron chi connectivity index (χ2n) is 7.50. The summed E-state index contributed by atoms with van der Waals surface area (Å²) in [7, 11) is -2.96. The lowest BCUT2D eigenvalue weighted by atomic mass is 9.73. The monoisotopic (exact) mass is 316 g/mol. The zero-order valence-corrected chi connectivity index (χ0v) is 14.5. The van der Waals surface area contributed by atoms with E-state index in [-0.39, 0.29) is 11.2 Å². The molecule has 2 aliphatic rings. The van der Waals surface area contributed by atoms with Crippen LogP contribution in [0.5, 0.6) is 0 Å². The van der Waals surface area contributed by atoms with E-state index in [1.165, 1.54) is 25.5 Å². The molecule has 0 aromatic rings. The molecule has 2 fully saturated rings. The molecule has 0 heterocycles. The van der Waals surface area contributed by atoms with Crippen LogP contribution in [0.3, 0.4) is 0 Å². The summed E-state index contributed by atoms with van der Waals surface area (Å²) < 4.78 is 23.7. The van der Waals surface area contributed by atoms with E-state index >= 15 is 0 Å². The molecule has 0 aromatic heterocycles. The maximum atomic E-state index is 11.8. The predicted octanol–water partition coefficient (Wildman–Crippen LogP) is 3.70. The van der Waals surface area contributed by atoms with Crippen LogP contribution >= 0.6 is 0 Å². The third-order valence-corrected chi connectivity index (χ3v) is 7.54. The SMILES string of the molecule is CCCC1CCCC(O)(C2CCCC(S(C)(=O)=O)C2)CC1. The molecule has 4 atom stereocenters. The molecule has 0 aromatic carbocycles. The van der Waals surface area contributed by atoms with Gasteiger partial charge in [-0.05, 0) is 50.4 Å². The Morgan fingerprint density at radius 3 is 2.52 bits per heavy atom. The van der Waals surface area contributed by atoms with Gasteiger partial charge in [0.05, 0.1) is 10.9 Å². The first-order valence-electron chi connectivity index (χ1n) is 8.76. The van der Waals surface area contributed by atoms with Crippen LogP contribution in [-0.4, -0.2) is 30.6 Å². The summed E-state index contributed by atoms with van der Waals surface area (Å²) in [5.74, 6) is 0.949. The molecular formula is C17H32O3S. The normalized spacial score (nSPS) is 38.9. The Morgan fingerprint density at radius 1 is 1.10 bits per heavy atom. The first-order chi connectivity index (χ1) is 9.85. The Labute approximate surface area is 130 Å². The van der Waals surface area contributed by atoms with Crippen LogP contribution in [0, 0.1) is 11.8 Å². The highest BCUT2D eigenvalue weighted by Crippen LogP contribution is 2.43. The van der Waals surface area contributed by atoms with Crippen molar-refractivity contribution in [3.63, 3.8) is 0 Å². The zero-order chi connectivity index (χ0) is 15.5. The van der Waals surface area contributed by atoms with E-state index in [2.05, 4.69) is 6.92 Å². The zero-order valence-electron chi connectivity index (χ0n) is 13.7. The maximum absolute atomic E-state index is 11.8. The summed E-state index contributed by atoms with van der Waals surface area (Å²) in [5, 5.41) is 10.9. The standard InChI is InChI=1S/C17H32O3S/c1-3-6-14-7-5-11-17(18,12-10-14)15-8-4-9-16(13-15)21(2,19)20/h14-16,18H,3-13H2,1-2H3. The highest BCUT2D eigenvalue weighted by molar-refractivity contribution is 7.91. The number of hydrogen-bond acceptors (Lipinski definition) is 3. The van der Waals surface area contributed by atoms with E-state index in [4.69, 9.17) is 0 Å². The quantitative estimate of drug-likeness (QED) is 0.805. The molecule has 0 radical (unpaired) electrons. The van der Waals surface area contributed by atoms with E-state index < -0.39 is 15.4 Å². The van der Waals surface area contributed by atoms with Crippen molar-refractivity contribution in [2.75, 3.05) is 6.26 Å². The van der Waals surface area contributed by atoms with Gasteiger partial charge >= 0.3 is 0 Å². The Morgan fingerprint density at radius 2 is 1.86 bits per heavy atom. The van der Waals surface area contributed by atoms with Crippen molar-refractivity contribution in [3.8, 4) is 0 Å². The van der Waals surface area contributed by atoms with Gasteiger partial charge in [-0.15, -0.1) is 0 Å². The maximum Gasteiger partial charge on any atom is 0.150 e. The second-order valence-corrected chi connectivity index (χ2v) is 9.83. The predicted molar refractivity (Wildman–Crippen MR) is 87.0 cm³/mol. The Bertz CT molecular complexity index is 431. The number of hydrogen-bond donors (Lipinski definition) is 1. The number of aliphatic hydroxyl groups is 1. The third kappa shape index (κ3) is 4.44. The average Bonchev–Trinajstić information content (AvgIpc) is 2.62. The van der Waals surface area contributed by atoms with Gasteiger partial charge in [-0.25, -0.2) is 8.42 Å². The average molecular weight is 317 g/mol. The van der Waals surface area contributed by atoms with Crippen molar-refractivity contribution < 1.29 is 13.5 Å². The van der Waals surface area contributed by atoms with Gasteiger partial charge in [0.2, 0.25) is 0 Å². The number of sulfone groups is 1. The van der Waals surface area contributed by atoms with Crippen LogP contribution in [0.4, 0.5) is 0 Å². The molecule has 2 rings (SSSR count). The molecule has 21 heavy (non-hydrogen) atoms. The van der Waals surface area contributed by atoms with Crippen molar-refractivity contribution in [2.45, 2.75) is 88.4 Å². The van der Waals surface area contributed by atoms with E-state index in [1.807, 2.05) is 0 Å². The summed E-state index contributed by atoms with van der Waals surface area (Å²) >= 11 is 0. The van der Waals surface area contributed by atoms with Crippen molar-refractivity contribution in [1.29, 1.82) is 0 Å². The molecule has 124 valence electrons.